The first-order valence-electron chi connectivity index (χ1n) is 10.4. The molecule has 0 spiro atoms. The van der Waals surface area contributed by atoms with Crippen molar-refractivity contribution >= 4 is 16.7 Å². The molecule has 0 unspecified atom stereocenters. The number of carbonyl (C=O) groups is 1. The smallest absolute Gasteiger partial charge is 0.251 e. The van der Waals surface area contributed by atoms with E-state index in [1.165, 1.54) is 70.4 Å². The van der Waals surface area contributed by atoms with Crippen molar-refractivity contribution in [2.24, 2.45) is 0 Å². The highest BCUT2D eigenvalue weighted by molar-refractivity contribution is 6.07. The van der Waals surface area contributed by atoms with E-state index in [-0.39, 0.29) is 17.1 Å². The Morgan fingerprint density at radius 2 is 1.48 bits per heavy atom. The third-order valence-electron chi connectivity index (χ3n) is 5.24. The number of phenolic OH excluding ortho intramolecular Hbond substituents is 1. The lowest BCUT2D eigenvalue weighted by Crippen LogP contribution is -2.20. The molecule has 1 heterocycles. The fraction of sp³-hybridized carbons (Fsp3) is 0.565. The fourth-order valence-electron chi connectivity index (χ4n) is 3.69. The van der Waals surface area contributed by atoms with E-state index >= 15 is 0 Å². The Morgan fingerprint density at radius 3 is 2.07 bits per heavy atom. The zero-order valence-electron chi connectivity index (χ0n) is 16.8. The second-order valence-corrected chi connectivity index (χ2v) is 7.46. The molecule has 0 saturated heterocycles. The Kier molecular flexibility index (Phi) is 8.56. The molecule has 2 rings (SSSR count). The summed E-state index contributed by atoms with van der Waals surface area (Å²) in [4.78, 5) is 24.2. The molecule has 0 fully saturated rings. The number of nitrogens with zero attached hydrogens (tertiary/aromatic N) is 1. The standard InChI is InChI=1S/C23H33NO3/c1-3-4-5-6-7-8-9-10-11-12-17-24-22(27)16-14-20-19(18(2)25)13-15-21(26)23(20)24/h13-16,26H,3-12,17H2,1-2H3. The second-order valence-electron chi connectivity index (χ2n) is 7.46. The van der Waals surface area contributed by atoms with Crippen molar-refractivity contribution in [1.29, 1.82) is 0 Å². The van der Waals surface area contributed by atoms with Gasteiger partial charge in [0.05, 0.1) is 5.52 Å². The molecule has 0 atom stereocenters. The van der Waals surface area contributed by atoms with Crippen molar-refractivity contribution in [3.05, 3.63) is 40.2 Å². The number of aromatic hydroxyl groups is 1. The summed E-state index contributed by atoms with van der Waals surface area (Å²) < 4.78 is 1.61. The zero-order chi connectivity index (χ0) is 19.6. The van der Waals surface area contributed by atoms with Gasteiger partial charge in [-0.2, -0.15) is 0 Å². The molecule has 2 aromatic rings. The molecule has 0 aliphatic heterocycles. The first-order chi connectivity index (χ1) is 13.1. The highest BCUT2D eigenvalue weighted by Crippen LogP contribution is 2.27. The van der Waals surface area contributed by atoms with Gasteiger partial charge in [-0.1, -0.05) is 64.7 Å². The number of unbranched alkanes of at least 4 members (excludes halogenated alkanes) is 9. The molecule has 0 aliphatic rings. The lowest BCUT2D eigenvalue weighted by Gasteiger charge is -2.13. The maximum Gasteiger partial charge on any atom is 0.251 e. The van der Waals surface area contributed by atoms with Crippen LogP contribution in [0.25, 0.3) is 10.9 Å². The van der Waals surface area contributed by atoms with Crippen molar-refractivity contribution in [2.45, 2.75) is 84.6 Å². The summed E-state index contributed by atoms with van der Waals surface area (Å²) >= 11 is 0. The molecule has 27 heavy (non-hydrogen) atoms. The summed E-state index contributed by atoms with van der Waals surface area (Å²) in [6, 6.07) is 6.26. The molecule has 0 radical (unpaired) electrons. The fourth-order valence-corrected chi connectivity index (χ4v) is 3.69. The average molecular weight is 372 g/mol. The molecule has 1 aromatic carbocycles. The number of pyridine rings is 1. The molecule has 0 bridgehead atoms. The van der Waals surface area contributed by atoms with E-state index in [0.717, 1.165) is 12.8 Å². The molecule has 0 saturated carbocycles. The lowest BCUT2D eigenvalue weighted by molar-refractivity contribution is 0.101. The Morgan fingerprint density at radius 1 is 0.889 bits per heavy atom. The number of fused-ring (bicyclic) bond motifs is 1. The van der Waals surface area contributed by atoms with Crippen LogP contribution in [0.3, 0.4) is 0 Å². The summed E-state index contributed by atoms with van der Waals surface area (Å²) in [6.45, 7) is 4.31. The maximum absolute atomic E-state index is 12.3. The van der Waals surface area contributed by atoms with Crippen LogP contribution in [0.15, 0.2) is 29.1 Å². The van der Waals surface area contributed by atoms with Gasteiger partial charge in [0.25, 0.3) is 5.56 Å². The quantitative estimate of drug-likeness (QED) is 0.377. The van der Waals surface area contributed by atoms with Gasteiger partial charge in [0.2, 0.25) is 0 Å². The first-order valence-corrected chi connectivity index (χ1v) is 10.4. The summed E-state index contributed by atoms with van der Waals surface area (Å²) in [5.74, 6) is -0.0103. The largest absolute Gasteiger partial charge is 0.506 e. The van der Waals surface area contributed by atoms with Crippen molar-refractivity contribution in [3.63, 3.8) is 0 Å². The summed E-state index contributed by atoms with van der Waals surface area (Å²) in [5.41, 5.74) is 0.889. The van der Waals surface area contributed by atoms with E-state index in [1.807, 2.05) is 0 Å². The molecule has 4 heteroatoms. The third-order valence-corrected chi connectivity index (χ3v) is 5.24. The molecular weight excluding hydrogens is 338 g/mol. The van der Waals surface area contributed by atoms with Crippen LogP contribution in [-0.4, -0.2) is 15.5 Å². The summed E-state index contributed by atoms with van der Waals surface area (Å²) in [5, 5.41) is 10.9. The molecule has 148 valence electrons. The summed E-state index contributed by atoms with van der Waals surface area (Å²) in [7, 11) is 0. The van der Waals surface area contributed by atoms with E-state index in [2.05, 4.69) is 6.92 Å². The number of aryl methyl sites for hydroxylation is 1. The van der Waals surface area contributed by atoms with Gasteiger partial charge in [0.1, 0.15) is 5.75 Å². The van der Waals surface area contributed by atoms with Crippen molar-refractivity contribution in [2.75, 3.05) is 0 Å². The highest BCUT2D eigenvalue weighted by Gasteiger charge is 2.13. The van der Waals surface area contributed by atoms with Gasteiger partial charge < -0.3 is 9.67 Å². The van der Waals surface area contributed by atoms with E-state index in [4.69, 9.17) is 0 Å². The van der Waals surface area contributed by atoms with Crippen LogP contribution in [0, 0.1) is 0 Å². The molecule has 4 nitrogen and oxygen atoms in total. The third kappa shape index (κ3) is 5.95. The van der Waals surface area contributed by atoms with Crippen molar-refractivity contribution < 1.29 is 9.90 Å². The normalized spacial score (nSPS) is 11.2. The minimum absolute atomic E-state index is 0.0554. The zero-order valence-corrected chi connectivity index (χ0v) is 16.8. The van der Waals surface area contributed by atoms with Crippen LogP contribution in [0.5, 0.6) is 5.75 Å². The van der Waals surface area contributed by atoms with Gasteiger partial charge in [-0.15, -0.1) is 0 Å². The van der Waals surface area contributed by atoms with Gasteiger partial charge in [0, 0.05) is 23.6 Å². The number of ketones is 1. The topological polar surface area (TPSA) is 59.3 Å². The predicted octanol–water partition coefficient (Wildman–Crippen LogP) is 5.83. The Labute approximate surface area is 162 Å². The van der Waals surface area contributed by atoms with Crippen LogP contribution in [0.4, 0.5) is 0 Å². The van der Waals surface area contributed by atoms with Crippen LogP contribution < -0.4 is 5.56 Å². The number of phenols is 1. The first kappa shape index (κ1) is 21.2. The number of Topliss-reactive ketones (excluding diaryl/α,β-unsaturated/α-hetero) is 1. The van der Waals surface area contributed by atoms with Gasteiger partial charge in [-0.25, -0.2) is 0 Å². The number of carbonyl (C=O) groups excluding carboxylic acids is 1. The average Bonchev–Trinajstić information content (AvgIpc) is 2.64. The lowest BCUT2D eigenvalue weighted by atomic mass is 10.0. The van der Waals surface area contributed by atoms with E-state index in [0.29, 0.717) is 23.0 Å². The maximum atomic E-state index is 12.3. The van der Waals surface area contributed by atoms with Crippen molar-refractivity contribution in [1.82, 2.24) is 4.57 Å². The number of aromatic nitrogens is 1. The minimum atomic E-state index is -0.130. The Balaban J connectivity index is 1.91. The van der Waals surface area contributed by atoms with Crippen LogP contribution >= 0.6 is 0 Å². The minimum Gasteiger partial charge on any atom is -0.506 e. The molecule has 1 aromatic heterocycles. The molecule has 0 aliphatic carbocycles. The van der Waals surface area contributed by atoms with Crippen LogP contribution in [0.2, 0.25) is 0 Å². The second kappa shape index (κ2) is 10.9. The molecule has 0 amide bonds. The van der Waals surface area contributed by atoms with E-state index in [1.54, 1.807) is 16.7 Å². The predicted molar refractivity (Wildman–Crippen MR) is 112 cm³/mol. The van der Waals surface area contributed by atoms with Crippen LogP contribution in [0.1, 0.15) is 88.4 Å². The number of rotatable bonds is 12. The number of hydrogen-bond acceptors (Lipinski definition) is 3. The number of hydrogen-bond donors (Lipinski definition) is 1. The Bertz CT molecular complexity index is 807. The Hall–Kier alpha value is -2.10. The number of benzene rings is 1. The highest BCUT2D eigenvalue weighted by atomic mass is 16.3. The monoisotopic (exact) mass is 371 g/mol. The van der Waals surface area contributed by atoms with Crippen LogP contribution in [-0.2, 0) is 6.54 Å². The molecular formula is C23H33NO3. The molecule has 1 N–H and O–H groups in total. The van der Waals surface area contributed by atoms with Gasteiger partial charge >= 0.3 is 0 Å². The summed E-state index contributed by atoms with van der Waals surface area (Å²) in [6.07, 6.45) is 12.3. The van der Waals surface area contributed by atoms with Gasteiger partial charge in [-0.3, -0.25) is 9.59 Å². The van der Waals surface area contributed by atoms with Gasteiger partial charge in [-0.05, 0) is 31.5 Å². The SMILES string of the molecule is CCCCCCCCCCCCn1c(=O)ccc2c(C(C)=O)ccc(O)c21. The van der Waals surface area contributed by atoms with Crippen molar-refractivity contribution in [3.8, 4) is 5.75 Å². The van der Waals surface area contributed by atoms with Gasteiger partial charge in [0.15, 0.2) is 5.78 Å². The van der Waals surface area contributed by atoms with E-state index < -0.39 is 0 Å². The van der Waals surface area contributed by atoms with E-state index in [9.17, 15) is 14.7 Å².